The second kappa shape index (κ2) is 21.2. The summed E-state index contributed by atoms with van der Waals surface area (Å²) in [6.07, 6.45) is 8.14. The van der Waals surface area contributed by atoms with Crippen molar-refractivity contribution in [2.75, 3.05) is 6.61 Å². The number of carbonyl (C=O) groups is 3. The van der Waals surface area contributed by atoms with Gasteiger partial charge < -0.3 is 25.1 Å². The zero-order valence-corrected chi connectivity index (χ0v) is 23.2. The minimum Gasteiger partial charge on any atom is -0.479 e. The Hall–Kier alpha value is -2.87. The average molecular weight is 523 g/mol. The summed E-state index contributed by atoms with van der Waals surface area (Å²) in [4.78, 5) is 34.7. The van der Waals surface area contributed by atoms with Crippen LogP contribution in [0.5, 0.6) is 0 Å². The van der Waals surface area contributed by atoms with Crippen LogP contribution < -0.4 is 5.73 Å². The second-order valence-corrected chi connectivity index (χ2v) is 9.27. The van der Waals surface area contributed by atoms with Crippen LogP contribution in [-0.2, 0) is 28.6 Å². The van der Waals surface area contributed by atoms with Crippen molar-refractivity contribution < 1.29 is 39.4 Å². The number of benzene rings is 1. The number of quaternary nitrogens is 1. The average Bonchev–Trinajstić information content (AvgIpc) is 2.85. The molecular weight excluding hydrogens is 474 g/mol. The highest BCUT2D eigenvalue weighted by Gasteiger charge is 2.39. The van der Waals surface area contributed by atoms with E-state index >= 15 is 0 Å². The molecule has 0 saturated heterocycles. The van der Waals surface area contributed by atoms with Gasteiger partial charge in [-0.2, -0.15) is 0 Å². The molecule has 1 aromatic rings. The number of hydrogen-bond donors (Lipinski definition) is 2. The Balaban J connectivity index is 0.00000120. The molecule has 0 amide bonds. The van der Waals surface area contributed by atoms with E-state index in [1.54, 1.807) is 0 Å². The van der Waals surface area contributed by atoms with Gasteiger partial charge in [0.15, 0.2) is 0 Å². The quantitative estimate of drug-likeness (QED) is 0.151. The van der Waals surface area contributed by atoms with E-state index < -0.39 is 30.1 Å². The van der Waals surface area contributed by atoms with Crippen molar-refractivity contribution in [1.29, 1.82) is 0 Å². The molecule has 0 heterocycles. The third-order valence-electron chi connectivity index (χ3n) is 5.48. The normalized spacial score (nSPS) is 12.8. The van der Waals surface area contributed by atoms with Gasteiger partial charge in [-0.15, -0.1) is 0 Å². The number of rotatable bonds is 18. The Morgan fingerprint density at radius 3 is 1.78 bits per heavy atom. The monoisotopic (exact) mass is 522 g/mol. The lowest BCUT2D eigenvalue weighted by molar-refractivity contribution is -0.420. The summed E-state index contributed by atoms with van der Waals surface area (Å²) in [5, 5.41) is 9.22. The lowest BCUT2D eigenvalue weighted by Gasteiger charge is -2.23. The maximum atomic E-state index is 12.2. The number of esters is 2. The maximum Gasteiger partial charge on any atom is 0.351 e. The fourth-order valence-electron chi connectivity index (χ4n) is 3.50. The summed E-state index contributed by atoms with van der Waals surface area (Å²) in [7, 11) is 0. The largest absolute Gasteiger partial charge is 0.479 e. The van der Waals surface area contributed by atoms with Crippen LogP contribution in [-0.4, -0.2) is 41.8 Å². The summed E-state index contributed by atoms with van der Waals surface area (Å²) < 4.78 is 15.0. The Morgan fingerprint density at radius 1 is 0.865 bits per heavy atom. The van der Waals surface area contributed by atoms with Crippen molar-refractivity contribution >= 4 is 17.9 Å². The first-order valence-electron chi connectivity index (χ1n) is 13.4. The maximum absolute atomic E-state index is 12.2. The smallest absolute Gasteiger partial charge is 0.351 e. The third kappa shape index (κ3) is 18.1. The number of ether oxygens (including phenoxy) is 3. The van der Waals surface area contributed by atoms with E-state index in [1.807, 2.05) is 18.2 Å². The molecule has 210 valence electrons. The molecule has 8 heteroatoms. The first kappa shape index (κ1) is 34.1. The summed E-state index contributed by atoms with van der Waals surface area (Å²) >= 11 is 0. The van der Waals surface area contributed by atoms with Gasteiger partial charge in [-0.1, -0.05) is 102 Å². The van der Waals surface area contributed by atoms with Gasteiger partial charge in [-0.25, -0.2) is 9.59 Å². The predicted molar refractivity (Wildman–Crippen MR) is 143 cm³/mol. The number of carboxylic acids is 1. The fraction of sp³-hybridized carbons (Fsp3) is 0.621. The highest BCUT2D eigenvalue weighted by atomic mass is 16.6. The number of hydrogen-bond acceptors (Lipinski definition) is 6. The van der Waals surface area contributed by atoms with E-state index in [0.29, 0.717) is 12.5 Å². The molecule has 0 unspecified atom stereocenters. The summed E-state index contributed by atoms with van der Waals surface area (Å²) in [6.45, 7) is 10.5. The second-order valence-electron chi connectivity index (χ2n) is 9.27. The van der Waals surface area contributed by atoms with Crippen LogP contribution >= 0.6 is 0 Å². The SMILES string of the molecule is C=C(C)O[C@@H](C(=O)OCCCCCCCCCCCC)[C@@H](OC(C)=O)C(=O)O.C[C@H]([NH3+])c1ccccc1. The first-order valence-corrected chi connectivity index (χ1v) is 13.4. The topological polar surface area (TPSA) is 127 Å². The molecule has 0 spiro atoms. The van der Waals surface area contributed by atoms with Gasteiger partial charge in [-0.05, 0) is 20.3 Å². The van der Waals surface area contributed by atoms with E-state index in [2.05, 4.69) is 38.3 Å². The minimum absolute atomic E-state index is 0.124. The molecule has 0 bridgehead atoms. The van der Waals surface area contributed by atoms with E-state index in [4.69, 9.17) is 14.2 Å². The number of aliphatic carboxylic acids is 1. The highest BCUT2D eigenvalue weighted by Crippen LogP contribution is 2.14. The Kier molecular flexibility index (Phi) is 19.6. The van der Waals surface area contributed by atoms with Crippen molar-refractivity contribution in [3.05, 3.63) is 48.2 Å². The highest BCUT2D eigenvalue weighted by molar-refractivity contribution is 5.86. The Morgan fingerprint density at radius 2 is 1.38 bits per heavy atom. The van der Waals surface area contributed by atoms with Crippen LogP contribution in [0.2, 0.25) is 0 Å². The fourth-order valence-corrected chi connectivity index (χ4v) is 3.50. The van der Waals surface area contributed by atoms with Crippen LogP contribution in [0.15, 0.2) is 42.7 Å². The van der Waals surface area contributed by atoms with Crippen molar-refractivity contribution in [2.24, 2.45) is 0 Å². The molecular formula is C29H48NO7+. The van der Waals surface area contributed by atoms with Gasteiger partial charge in [0.05, 0.1) is 12.4 Å². The number of carboxylic acid groups (broad SMARTS) is 1. The minimum atomic E-state index is -1.78. The standard InChI is InChI=1S/C21H36O7.C8H11N/c1-5-6-7-8-9-10-11-12-13-14-15-26-21(25)19(27-16(2)3)18(20(23)24)28-17(4)22;1-7(9)8-5-3-2-4-6-8/h18-19H,2,5-15H2,1,3-4H3,(H,23,24);2-7H,9H2,1H3/p+1/t18-,19-;7-/m10/s1. The van der Waals surface area contributed by atoms with Gasteiger partial charge >= 0.3 is 17.9 Å². The number of allylic oxidation sites excluding steroid dienone is 1. The summed E-state index contributed by atoms with van der Waals surface area (Å²) in [6, 6.07) is 10.7. The molecule has 0 aliphatic carbocycles. The van der Waals surface area contributed by atoms with E-state index in [9.17, 15) is 19.5 Å². The van der Waals surface area contributed by atoms with Crippen molar-refractivity contribution in [2.45, 2.75) is 110 Å². The zero-order valence-electron chi connectivity index (χ0n) is 23.2. The van der Waals surface area contributed by atoms with Crippen LogP contribution in [0.3, 0.4) is 0 Å². The third-order valence-corrected chi connectivity index (χ3v) is 5.48. The number of unbranched alkanes of at least 4 members (excludes halogenated alkanes) is 9. The molecule has 0 aromatic heterocycles. The zero-order chi connectivity index (χ0) is 28.1. The lowest BCUT2D eigenvalue weighted by Crippen LogP contribution is -2.51. The van der Waals surface area contributed by atoms with E-state index in [-0.39, 0.29) is 12.4 Å². The predicted octanol–water partition coefficient (Wildman–Crippen LogP) is 5.38. The molecule has 0 aliphatic heterocycles. The Bertz CT molecular complexity index is 780. The van der Waals surface area contributed by atoms with Crippen LogP contribution in [0, 0.1) is 0 Å². The molecule has 4 N–H and O–H groups in total. The molecule has 1 aromatic carbocycles. The molecule has 0 fully saturated rings. The van der Waals surface area contributed by atoms with Crippen LogP contribution in [0.1, 0.15) is 104 Å². The van der Waals surface area contributed by atoms with Gasteiger partial charge in [-0.3, -0.25) is 4.79 Å². The molecule has 3 atom stereocenters. The molecule has 8 nitrogen and oxygen atoms in total. The molecule has 0 radical (unpaired) electrons. The molecule has 0 aliphatic rings. The van der Waals surface area contributed by atoms with Gasteiger partial charge in [0.1, 0.15) is 6.04 Å². The Labute approximate surface area is 222 Å². The molecule has 0 saturated carbocycles. The summed E-state index contributed by atoms with van der Waals surface area (Å²) in [5.74, 6) is -3.07. The summed E-state index contributed by atoms with van der Waals surface area (Å²) in [5.41, 5.74) is 5.21. The lowest BCUT2D eigenvalue weighted by atomic mass is 10.1. The van der Waals surface area contributed by atoms with Crippen molar-refractivity contribution in [1.82, 2.24) is 0 Å². The first-order chi connectivity index (χ1) is 17.6. The van der Waals surface area contributed by atoms with Crippen LogP contribution in [0.25, 0.3) is 0 Å². The van der Waals surface area contributed by atoms with Crippen LogP contribution in [0.4, 0.5) is 0 Å². The van der Waals surface area contributed by atoms with E-state index in [0.717, 1.165) is 26.2 Å². The molecule has 37 heavy (non-hydrogen) atoms. The molecule has 1 rings (SSSR count). The number of carbonyl (C=O) groups excluding carboxylic acids is 2. The van der Waals surface area contributed by atoms with Crippen molar-refractivity contribution in [3.63, 3.8) is 0 Å². The van der Waals surface area contributed by atoms with Gasteiger partial charge in [0.2, 0.25) is 12.2 Å². The van der Waals surface area contributed by atoms with E-state index in [1.165, 1.54) is 51.0 Å². The van der Waals surface area contributed by atoms with Gasteiger partial charge in [0.25, 0.3) is 0 Å². The van der Waals surface area contributed by atoms with Crippen molar-refractivity contribution in [3.8, 4) is 0 Å². The van der Waals surface area contributed by atoms with Gasteiger partial charge in [0, 0.05) is 12.5 Å².